The van der Waals surface area contributed by atoms with Crippen molar-refractivity contribution in [2.75, 3.05) is 11.0 Å². The molecular weight excluding hydrogens is 807 g/mol. The second kappa shape index (κ2) is 13.7. The van der Waals surface area contributed by atoms with Crippen LogP contribution in [0.25, 0.3) is 22.0 Å². The van der Waals surface area contributed by atoms with E-state index >= 15 is 8.78 Å². The average molecular weight is 838 g/mol. The van der Waals surface area contributed by atoms with Gasteiger partial charge in [0.1, 0.15) is 35.2 Å². The van der Waals surface area contributed by atoms with E-state index in [1.165, 1.54) is 43.8 Å². The minimum absolute atomic E-state index is 0.00841. The topological polar surface area (TPSA) is 144 Å². The molecule has 1 amide bonds. The molecule has 300 valence electrons. The third kappa shape index (κ3) is 7.90. The number of pyridine rings is 1. The number of halogens is 8. The highest BCUT2D eigenvalue weighted by molar-refractivity contribution is 7.92. The molecule has 0 bridgehead atoms. The first-order valence-electron chi connectivity index (χ1n) is 17.1. The van der Waals surface area contributed by atoms with Gasteiger partial charge in [0.05, 0.1) is 33.9 Å². The van der Waals surface area contributed by atoms with Crippen molar-refractivity contribution in [3.63, 3.8) is 0 Å². The Hall–Kier alpha value is -5.19. The molecule has 0 spiro atoms. The van der Waals surface area contributed by atoms with E-state index in [0.29, 0.717) is 16.3 Å². The zero-order chi connectivity index (χ0) is 41.6. The van der Waals surface area contributed by atoms with Crippen LogP contribution < -0.4 is 10.0 Å². The summed E-state index contributed by atoms with van der Waals surface area (Å²) in [5.74, 6) is -3.94. The van der Waals surface area contributed by atoms with Crippen molar-refractivity contribution < 1.29 is 49.1 Å². The Balaban J connectivity index is 1.39. The van der Waals surface area contributed by atoms with Gasteiger partial charge in [-0.2, -0.15) is 32.1 Å². The molecule has 20 heteroatoms. The molecule has 1 saturated carbocycles. The van der Waals surface area contributed by atoms with E-state index in [-0.39, 0.29) is 50.7 Å². The number of amides is 1. The largest absolute Gasteiger partial charge is 0.435 e. The van der Waals surface area contributed by atoms with E-state index in [0.717, 1.165) is 18.4 Å². The van der Waals surface area contributed by atoms with Crippen molar-refractivity contribution in [3.05, 3.63) is 93.0 Å². The van der Waals surface area contributed by atoms with Crippen LogP contribution in [0.5, 0.6) is 0 Å². The lowest BCUT2D eigenvalue weighted by Crippen LogP contribution is -2.35. The van der Waals surface area contributed by atoms with Crippen LogP contribution in [0.3, 0.4) is 0 Å². The molecule has 11 nitrogen and oxygen atoms in total. The standard InChI is InChI=1S/C37H31ClF7N7O4S/c1-35(2,54)10-9-20-5-6-21(22-7-8-25(38)29-31(22)51(3)49-34(29)50-57(4,55)56)30(46-20)26(13-17-11-18(39)14-19(40)12-17)47-27(53)16-52-33-28(32(48-52)37(43,44)45)23-15-24(23)36(33,41)42/h5-8,11-12,14,23-24,26,54H,13,15-16H2,1-4H3,(H,47,53)(H,49,50)/t23?,24-,26+/m1/s1. The van der Waals surface area contributed by atoms with E-state index in [9.17, 15) is 40.3 Å². The normalized spacial score (nSPS) is 17.8. The van der Waals surface area contributed by atoms with Crippen LogP contribution in [0, 0.1) is 29.4 Å². The quantitative estimate of drug-likeness (QED) is 0.112. The van der Waals surface area contributed by atoms with Gasteiger partial charge in [-0.25, -0.2) is 22.2 Å². The summed E-state index contributed by atoms with van der Waals surface area (Å²) in [6.07, 6.45) is -4.74. The fourth-order valence-electron chi connectivity index (χ4n) is 7.25. The molecule has 1 unspecified atom stereocenters. The van der Waals surface area contributed by atoms with Crippen LogP contribution in [0.2, 0.25) is 5.02 Å². The van der Waals surface area contributed by atoms with Gasteiger partial charge >= 0.3 is 6.18 Å². The van der Waals surface area contributed by atoms with E-state index in [1.807, 2.05) is 0 Å². The molecule has 3 N–H and O–H groups in total. The number of alkyl halides is 5. The Morgan fingerprint density at radius 2 is 1.75 bits per heavy atom. The first-order chi connectivity index (χ1) is 26.4. The third-order valence-electron chi connectivity index (χ3n) is 9.45. The fourth-order valence-corrected chi connectivity index (χ4v) is 7.98. The molecule has 5 aromatic rings. The van der Waals surface area contributed by atoms with Gasteiger partial charge in [-0.3, -0.25) is 18.9 Å². The number of hydrogen-bond acceptors (Lipinski definition) is 7. The third-order valence-corrected chi connectivity index (χ3v) is 10.3. The number of carbonyl (C=O) groups is 1. The molecule has 2 aromatic carbocycles. The maximum absolute atomic E-state index is 15.4. The van der Waals surface area contributed by atoms with Gasteiger partial charge in [0.25, 0.3) is 5.92 Å². The van der Waals surface area contributed by atoms with Crippen LogP contribution in [-0.2, 0) is 46.9 Å². The average Bonchev–Trinajstić information content (AvgIpc) is 3.61. The smallest absolute Gasteiger partial charge is 0.378 e. The predicted octanol–water partition coefficient (Wildman–Crippen LogP) is 6.59. The maximum Gasteiger partial charge on any atom is 0.435 e. The number of aromatic nitrogens is 5. The molecule has 0 aliphatic heterocycles. The number of nitrogens with one attached hydrogen (secondary N) is 2. The molecule has 1 fully saturated rings. The highest BCUT2D eigenvalue weighted by atomic mass is 35.5. The van der Waals surface area contributed by atoms with Crippen LogP contribution >= 0.6 is 11.6 Å². The number of benzene rings is 2. The van der Waals surface area contributed by atoms with Crippen LogP contribution in [0.4, 0.5) is 36.6 Å². The minimum atomic E-state index is -5.08. The highest BCUT2D eigenvalue weighted by Crippen LogP contribution is 2.68. The zero-order valence-electron chi connectivity index (χ0n) is 30.2. The monoisotopic (exact) mass is 837 g/mol. The number of sulfonamides is 1. The van der Waals surface area contributed by atoms with Gasteiger partial charge < -0.3 is 10.4 Å². The zero-order valence-corrected chi connectivity index (χ0v) is 31.8. The number of nitrogens with zero attached hydrogens (tertiary/aromatic N) is 5. The Morgan fingerprint density at radius 1 is 1.09 bits per heavy atom. The Morgan fingerprint density at radius 3 is 2.39 bits per heavy atom. The summed E-state index contributed by atoms with van der Waals surface area (Å²) in [6, 6.07) is 7.14. The van der Waals surface area contributed by atoms with Crippen molar-refractivity contribution in [2.24, 2.45) is 13.0 Å². The molecule has 3 atom stereocenters. The first kappa shape index (κ1) is 40.0. The molecule has 2 aliphatic carbocycles. The minimum Gasteiger partial charge on any atom is -0.378 e. The fraction of sp³-hybridized carbons (Fsp3) is 0.351. The van der Waals surface area contributed by atoms with Gasteiger partial charge in [-0.15, -0.1) is 0 Å². The first-order valence-corrected chi connectivity index (χ1v) is 19.4. The van der Waals surface area contributed by atoms with Crippen molar-refractivity contribution in [2.45, 2.75) is 62.9 Å². The summed E-state index contributed by atoms with van der Waals surface area (Å²) < 4.78 is 130. The summed E-state index contributed by atoms with van der Waals surface area (Å²) in [5.41, 5.74) is -3.87. The van der Waals surface area contributed by atoms with Crippen molar-refractivity contribution in [1.29, 1.82) is 0 Å². The lowest BCUT2D eigenvalue weighted by atomic mass is 9.93. The molecule has 0 saturated heterocycles. The molecule has 7 rings (SSSR count). The molecule has 3 heterocycles. The van der Waals surface area contributed by atoms with Crippen molar-refractivity contribution in [1.82, 2.24) is 29.9 Å². The summed E-state index contributed by atoms with van der Waals surface area (Å²) >= 11 is 6.55. The Bertz CT molecular complexity index is 2640. The van der Waals surface area contributed by atoms with E-state index < -0.39 is 93.1 Å². The lowest BCUT2D eigenvalue weighted by molar-refractivity contribution is -0.142. The summed E-state index contributed by atoms with van der Waals surface area (Å²) in [4.78, 5) is 18.5. The number of aryl methyl sites for hydroxylation is 1. The molecular formula is C37H31ClF7N7O4S. The van der Waals surface area contributed by atoms with Crippen molar-refractivity contribution >= 4 is 44.3 Å². The van der Waals surface area contributed by atoms with Crippen LogP contribution in [-0.4, -0.2) is 55.8 Å². The van der Waals surface area contributed by atoms with Gasteiger partial charge in [-0.05, 0) is 74.4 Å². The number of rotatable bonds is 9. The van der Waals surface area contributed by atoms with E-state index in [2.05, 4.69) is 37.1 Å². The molecule has 2 aliphatic rings. The van der Waals surface area contributed by atoms with E-state index in [4.69, 9.17) is 11.6 Å². The summed E-state index contributed by atoms with van der Waals surface area (Å²) in [7, 11) is -2.35. The molecule has 3 aromatic heterocycles. The Kier molecular flexibility index (Phi) is 9.64. The number of anilines is 1. The highest BCUT2D eigenvalue weighted by Gasteiger charge is 2.68. The van der Waals surface area contributed by atoms with Crippen LogP contribution in [0.1, 0.15) is 66.1 Å². The van der Waals surface area contributed by atoms with Gasteiger partial charge in [0, 0.05) is 35.7 Å². The SMILES string of the molecule is Cn1nc(NS(C)(=O)=O)c2c(Cl)ccc(-c3ccc(C#CC(C)(C)O)nc3[C@H](Cc3cc(F)cc(F)c3)NC(=O)Cn3nc(C(F)(F)F)c4c3C(F)(F)[C@@H]3CC43)c21. The maximum atomic E-state index is 15.4. The van der Waals surface area contributed by atoms with Crippen LogP contribution in [0.15, 0.2) is 42.5 Å². The Labute approximate surface area is 325 Å². The number of fused-ring (bicyclic) bond motifs is 4. The second-order valence-corrected chi connectivity index (χ2v) is 16.7. The summed E-state index contributed by atoms with van der Waals surface area (Å²) in [5, 5.41) is 20.9. The molecule has 57 heavy (non-hydrogen) atoms. The number of hydrogen-bond donors (Lipinski definition) is 3. The number of aliphatic hydroxyl groups is 1. The number of carbonyl (C=O) groups excluding carboxylic acids is 1. The van der Waals surface area contributed by atoms with Gasteiger partial charge in [-0.1, -0.05) is 23.6 Å². The van der Waals surface area contributed by atoms with Crippen molar-refractivity contribution in [3.8, 4) is 23.0 Å². The predicted molar refractivity (Wildman–Crippen MR) is 194 cm³/mol. The second-order valence-electron chi connectivity index (χ2n) is 14.5. The lowest BCUT2D eigenvalue weighted by Gasteiger charge is -2.23. The van der Waals surface area contributed by atoms with Gasteiger partial charge in [0.2, 0.25) is 15.9 Å². The molecule has 0 radical (unpaired) electrons. The van der Waals surface area contributed by atoms with Gasteiger partial charge in [0.15, 0.2) is 11.5 Å². The summed E-state index contributed by atoms with van der Waals surface area (Å²) in [6.45, 7) is 1.73. The van der Waals surface area contributed by atoms with E-state index in [1.54, 1.807) is 6.07 Å².